The van der Waals surface area contributed by atoms with Crippen LogP contribution in [0.15, 0.2) is 48.5 Å². The highest BCUT2D eigenvalue weighted by molar-refractivity contribution is 6.30. The number of benzene rings is 2. The molecule has 1 heterocycles. The fourth-order valence-electron chi connectivity index (χ4n) is 3.59. The van der Waals surface area contributed by atoms with Crippen molar-refractivity contribution in [2.75, 3.05) is 18.4 Å². The van der Waals surface area contributed by atoms with Crippen molar-refractivity contribution in [2.24, 2.45) is 0 Å². The third-order valence-electron chi connectivity index (χ3n) is 4.73. The zero-order chi connectivity index (χ0) is 16.4. The van der Waals surface area contributed by atoms with Crippen LogP contribution in [0, 0.1) is 0 Å². The van der Waals surface area contributed by atoms with Gasteiger partial charge in [-0.15, -0.1) is 0 Å². The van der Waals surface area contributed by atoms with Crippen molar-refractivity contribution in [3.63, 3.8) is 0 Å². The van der Waals surface area contributed by atoms with Gasteiger partial charge in [-0.05, 0) is 43.2 Å². The van der Waals surface area contributed by atoms with Gasteiger partial charge in [0.05, 0.1) is 19.0 Å². The number of hydrogen-bond acceptors (Lipinski definition) is 1. The van der Waals surface area contributed by atoms with Crippen molar-refractivity contribution in [3.05, 3.63) is 64.7 Å². The van der Waals surface area contributed by atoms with Crippen molar-refractivity contribution in [3.8, 4) is 0 Å². The maximum Gasteiger partial charge on any atom is 0.283 e. The molecule has 0 radical (unpaired) electrons. The maximum absolute atomic E-state index is 12.8. The van der Waals surface area contributed by atoms with Crippen LogP contribution < -0.4 is 10.2 Å². The van der Waals surface area contributed by atoms with Gasteiger partial charge in [0.25, 0.3) is 5.91 Å². The third-order valence-corrected chi connectivity index (χ3v) is 4.96. The number of carbonyl (C=O) groups excluding carboxylic acids is 1. The molecule has 2 atom stereocenters. The number of quaternary nitrogens is 1. The molecule has 0 bridgehead atoms. The summed E-state index contributed by atoms with van der Waals surface area (Å²) in [5.41, 5.74) is 3.14. The van der Waals surface area contributed by atoms with Gasteiger partial charge in [-0.1, -0.05) is 41.9 Å². The Labute approximate surface area is 142 Å². The lowest BCUT2D eigenvalue weighted by Crippen LogP contribution is -3.17. The predicted octanol–water partition coefficient (Wildman–Crippen LogP) is 2.72. The van der Waals surface area contributed by atoms with Crippen molar-refractivity contribution in [2.45, 2.75) is 25.8 Å². The monoisotopic (exact) mass is 329 g/mol. The molecule has 2 aromatic carbocycles. The molecule has 0 saturated heterocycles. The van der Waals surface area contributed by atoms with Crippen LogP contribution in [0.3, 0.4) is 0 Å². The minimum Gasteiger partial charge on any atom is -0.324 e. The van der Waals surface area contributed by atoms with Gasteiger partial charge in [0.15, 0.2) is 6.04 Å². The van der Waals surface area contributed by atoms with Gasteiger partial charge in [-0.25, -0.2) is 0 Å². The van der Waals surface area contributed by atoms with Crippen molar-refractivity contribution in [1.29, 1.82) is 0 Å². The summed E-state index contributed by atoms with van der Waals surface area (Å²) in [5, 5.41) is 3.77. The van der Waals surface area contributed by atoms with E-state index in [1.165, 1.54) is 4.90 Å². The van der Waals surface area contributed by atoms with Crippen LogP contribution in [-0.2, 0) is 4.79 Å². The summed E-state index contributed by atoms with van der Waals surface area (Å²) in [4.78, 5) is 14.1. The van der Waals surface area contributed by atoms with Gasteiger partial charge in [0, 0.05) is 10.7 Å². The van der Waals surface area contributed by atoms with Crippen LogP contribution in [0.25, 0.3) is 0 Å². The SMILES string of the molecule is CC[NH+](CC)C1C(=O)Nc2ccc(Cl)cc2C1c1ccccc1. The number of carbonyl (C=O) groups is 1. The molecule has 0 fully saturated rings. The van der Waals surface area contributed by atoms with Crippen molar-refractivity contribution in [1.82, 2.24) is 0 Å². The first-order valence-corrected chi connectivity index (χ1v) is 8.53. The van der Waals surface area contributed by atoms with E-state index in [9.17, 15) is 4.79 Å². The van der Waals surface area contributed by atoms with E-state index in [2.05, 4.69) is 31.3 Å². The van der Waals surface area contributed by atoms with E-state index in [1.54, 1.807) is 0 Å². The Morgan fingerprint density at radius 3 is 2.43 bits per heavy atom. The number of likely N-dealkylation sites (N-methyl/N-ethyl adjacent to an activating group) is 1. The molecule has 2 N–H and O–H groups in total. The zero-order valence-corrected chi connectivity index (χ0v) is 14.2. The van der Waals surface area contributed by atoms with Gasteiger partial charge in [-0.3, -0.25) is 4.79 Å². The fourth-order valence-corrected chi connectivity index (χ4v) is 3.77. The summed E-state index contributed by atoms with van der Waals surface area (Å²) in [6.45, 7) is 6.07. The van der Waals surface area contributed by atoms with Crippen LogP contribution in [0.2, 0.25) is 5.02 Å². The molecule has 1 amide bonds. The van der Waals surface area contributed by atoms with Gasteiger partial charge >= 0.3 is 0 Å². The standard InChI is InChI=1S/C19H21ClN2O/c1-3-22(4-2)18-17(13-8-6-5-7-9-13)15-12-14(20)10-11-16(15)21-19(18)23/h5-12,17-18H,3-4H2,1-2H3,(H,21,23)/p+1. The van der Waals surface area contributed by atoms with Crippen molar-refractivity contribution < 1.29 is 9.69 Å². The molecule has 4 heteroatoms. The van der Waals surface area contributed by atoms with Crippen LogP contribution in [-0.4, -0.2) is 25.0 Å². The lowest BCUT2D eigenvalue weighted by molar-refractivity contribution is -0.913. The second kappa shape index (κ2) is 6.73. The number of rotatable bonds is 4. The van der Waals surface area contributed by atoms with Gasteiger partial charge in [-0.2, -0.15) is 0 Å². The van der Waals surface area contributed by atoms with Gasteiger partial charge < -0.3 is 10.2 Å². The maximum atomic E-state index is 12.8. The first-order chi connectivity index (χ1) is 11.2. The quantitative estimate of drug-likeness (QED) is 0.888. The largest absolute Gasteiger partial charge is 0.324 e. The molecule has 0 saturated carbocycles. The summed E-state index contributed by atoms with van der Waals surface area (Å²) >= 11 is 6.24. The van der Waals surface area contributed by atoms with Gasteiger partial charge in [0.1, 0.15) is 0 Å². The molecule has 1 aliphatic heterocycles. The minimum atomic E-state index is -0.140. The second-order valence-electron chi connectivity index (χ2n) is 5.95. The Balaban J connectivity index is 2.17. The Kier molecular flexibility index (Phi) is 4.69. The molecule has 1 aliphatic rings. The van der Waals surface area contributed by atoms with Crippen LogP contribution >= 0.6 is 11.6 Å². The van der Waals surface area contributed by atoms with E-state index < -0.39 is 0 Å². The normalized spacial score (nSPS) is 20.3. The number of hydrogen-bond donors (Lipinski definition) is 2. The molecule has 3 rings (SSSR count). The highest BCUT2D eigenvalue weighted by atomic mass is 35.5. The average molecular weight is 330 g/mol. The minimum absolute atomic E-state index is 0.0218. The molecule has 23 heavy (non-hydrogen) atoms. The van der Waals surface area contributed by atoms with E-state index in [0.717, 1.165) is 29.9 Å². The number of anilines is 1. The van der Waals surface area contributed by atoms with E-state index in [-0.39, 0.29) is 17.9 Å². The van der Waals surface area contributed by atoms with Crippen LogP contribution in [0.1, 0.15) is 30.9 Å². The topological polar surface area (TPSA) is 33.5 Å². The summed E-state index contributed by atoms with van der Waals surface area (Å²) in [7, 11) is 0. The fraction of sp³-hybridized carbons (Fsp3) is 0.316. The number of nitrogens with one attached hydrogen (secondary N) is 2. The lowest BCUT2D eigenvalue weighted by atomic mass is 9.80. The highest BCUT2D eigenvalue weighted by Gasteiger charge is 2.42. The van der Waals surface area contributed by atoms with E-state index in [0.29, 0.717) is 5.02 Å². The Hall–Kier alpha value is -1.84. The Morgan fingerprint density at radius 1 is 1.09 bits per heavy atom. The molecule has 120 valence electrons. The second-order valence-corrected chi connectivity index (χ2v) is 6.39. The molecule has 0 aromatic heterocycles. The van der Waals surface area contributed by atoms with E-state index in [4.69, 9.17) is 11.6 Å². The molecule has 2 unspecified atom stereocenters. The van der Waals surface area contributed by atoms with Crippen LogP contribution in [0.4, 0.5) is 5.69 Å². The highest BCUT2D eigenvalue weighted by Crippen LogP contribution is 2.37. The summed E-state index contributed by atoms with van der Waals surface area (Å²) in [6.07, 6.45) is 0. The Morgan fingerprint density at radius 2 is 1.78 bits per heavy atom. The van der Waals surface area contributed by atoms with E-state index >= 15 is 0 Å². The molecule has 0 spiro atoms. The van der Waals surface area contributed by atoms with Crippen molar-refractivity contribution >= 4 is 23.2 Å². The Bertz CT molecular complexity index is 698. The lowest BCUT2D eigenvalue weighted by Gasteiger charge is -2.37. The summed E-state index contributed by atoms with van der Waals surface area (Å²) < 4.78 is 0. The van der Waals surface area contributed by atoms with Gasteiger partial charge in [0.2, 0.25) is 0 Å². The summed E-state index contributed by atoms with van der Waals surface area (Å²) in [6, 6.07) is 15.8. The molecule has 2 aromatic rings. The summed E-state index contributed by atoms with van der Waals surface area (Å²) in [5.74, 6) is 0.112. The first kappa shape index (κ1) is 16.0. The number of fused-ring (bicyclic) bond motifs is 1. The zero-order valence-electron chi connectivity index (χ0n) is 13.5. The third kappa shape index (κ3) is 2.99. The van der Waals surface area contributed by atoms with Crippen LogP contribution in [0.5, 0.6) is 0 Å². The number of halogens is 1. The molecular formula is C19H22ClN2O+. The molecular weight excluding hydrogens is 308 g/mol. The molecule has 0 aliphatic carbocycles. The van der Waals surface area contributed by atoms with E-state index in [1.807, 2.05) is 36.4 Å². The smallest absolute Gasteiger partial charge is 0.283 e. The molecule has 3 nitrogen and oxygen atoms in total. The average Bonchev–Trinajstić information content (AvgIpc) is 2.57. The first-order valence-electron chi connectivity index (χ1n) is 8.15. The predicted molar refractivity (Wildman–Crippen MR) is 94.2 cm³/mol. The number of amides is 1.